The third-order valence-electron chi connectivity index (χ3n) is 6.31. The highest BCUT2D eigenvalue weighted by Crippen LogP contribution is 2.31. The van der Waals surface area contributed by atoms with Gasteiger partial charge in [0.25, 0.3) is 6.43 Å². The van der Waals surface area contributed by atoms with E-state index in [-0.39, 0.29) is 11.9 Å². The maximum absolute atomic E-state index is 13.1. The van der Waals surface area contributed by atoms with Crippen LogP contribution in [0.3, 0.4) is 0 Å². The molecule has 11 heteroatoms. The average Bonchev–Trinajstić information content (AvgIpc) is 3.30. The molecular formula is C22H26F2N8O. The van der Waals surface area contributed by atoms with E-state index < -0.39 is 18.6 Å². The third kappa shape index (κ3) is 4.08. The predicted octanol–water partition coefficient (Wildman–Crippen LogP) is 3.40. The molecule has 0 unspecified atom stereocenters. The van der Waals surface area contributed by atoms with Crippen LogP contribution in [0.4, 0.5) is 20.5 Å². The Kier molecular flexibility index (Phi) is 5.15. The second kappa shape index (κ2) is 7.91. The number of alkyl halides is 2. The van der Waals surface area contributed by atoms with Crippen molar-refractivity contribution in [2.45, 2.75) is 64.1 Å². The normalized spacial score (nSPS) is 21.3. The number of aliphatic hydroxyl groups is 1. The van der Waals surface area contributed by atoms with E-state index in [2.05, 4.69) is 25.4 Å². The molecule has 4 heterocycles. The smallest absolute Gasteiger partial charge is 0.256 e. The molecule has 0 spiro atoms. The van der Waals surface area contributed by atoms with Gasteiger partial charge in [0.1, 0.15) is 16.9 Å². The molecular weight excluding hydrogens is 430 g/mol. The summed E-state index contributed by atoms with van der Waals surface area (Å²) in [7, 11) is 0. The molecule has 9 nitrogen and oxygen atoms in total. The number of halogens is 2. The minimum absolute atomic E-state index is 0.166. The first-order valence-corrected chi connectivity index (χ1v) is 11.0. The summed E-state index contributed by atoms with van der Waals surface area (Å²) in [5.41, 5.74) is 8.52. The van der Waals surface area contributed by atoms with Crippen LogP contribution in [0.1, 0.15) is 38.4 Å². The van der Waals surface area contributed by atoms with E-state index >= 15 is 0 Å². The molecule has 174 valence electrons. The van der Waals surface area contributed by atoms with E-state index in [4.69, 9.17) is 5.73 Å². The Hall–Kier alpha value is -3.34. The van der Waals surface area contributed by atoms with Crippen LogP contribution in [0.5, 0.6) is 0 Å². The zero-order chi connectivity index (χ0) is 23.3. The number of hydrogen-bond donors (Lipinski definition) is 3. The third-order valence-corrected chi connectivity index (χ3v) is 6.31. The first-order valence-electron chi connectivity index (χ1n) is 11.0. The van der Waals surface area contributed by atoms with Gasteiger partial charge in [0.15, 0.2) is 11.5 Å². The number of aryl methyl sites for hydroxylation is 1. The summed E-state index contributed by atoms with van der Waals surface area (Å²) in [5.74, 6) is 1.19. The van der Waals surface area contributed by atoms with Crippen molar-refractivity contribution >= 4 is 28.4 Å². The Morgan fingerprint density at radius 1 is 1.21 bits per heavy atom. The first kappa shape index (κ1) is 21.5. The Balaban J connectivity index is 1.48. The van der Waals surface area contributed by atoms with Crippen molar-refractivity contribution in [1.29, 1.82) is 0 Å². The minimum Gasteiger partial charge on any atom is -0.390 e. The summed E-state index contributed by atoms with van der Waals surface area (Å²) in [4.78, 5) is 13.4. The lowest BCUT2D eigenvalue weighted by Crippen LogP contribution is -2.36. The van der Waals surface area contributed by atoms with Gasteiger partial charge in [-0.05, 0) is 57.7 Å². The van der Waals surface area contributed by atoms with Crippen LogP contribution in [0.2, 0.25) is 0 Å². The van der Waals surface area contributed by atoms with Gasteiger partial charge in [0.2, 0.25) is 5.95 Å². The van der Waals surface area contributed by atoms with Crippen LogP contribution in [-0.4, -0.2) is 52.3 Å². The number of aromatic nitrogens is 6. The fraction of sp³-hybridized carbons (Fsp3) is 0.455. The molecule has 0 amide bonds. The Morgan fingerprint density at radius 2 is 1.97 bits per heavy atom. The average molecular weight is 457 g/mol. The van der Waals surface area contributed by atoms with Crippen LogP contribution < -0.4 is 11.1 Å². The summed E-state index contributed by atoms with van der Waals surface area (Å²) in [5, 5.41) is 18.0. The van der Waals surface area contributed by atoms with E-state index in [0.29, 0.717) is 52.6 Å². The highest BCUT2D eigenvalue weighted by atomic mass is 19.3. The maximum Gasteiger partial charge on any atom is 0.256 e. The summed E-state index contributed by atoms with van der Waals surface area (Å²) < 4.78 is 29.2. The van der Waals surface area contributed by atoms with Crippen molar-refractivity contribution < 1.29 is 13.9 Å². The number of hydrogen-bond acceptors (Lipinski definition) is 7. The van der Waals surface area contributed by atoms with Crippen molar-refractivity contribution in [3.05, 3.63) is 30.2 Å². The fourth-order valence-corrected chi connectivity index (χ4v) is 4.51. The molecule has 1 aliphatic rings. The molecule has 0 bridgehead atoms. The summed E-state index contributed by atoms with van der Waals surface area (Å²) in [6.45, 7) is 3.08. The topological polar surface area (TPSA) is 119 Å². The zero-order valence-electron chi connectivity index (χ0n) is 18.5. The monoisotopic (exact) mass is 456 g/mol. The number of imidazole rings is 1. The van der Waals surface area contributed by atoms with Gasteiger partial charge in [-0.25, -0.2) is 23.3 Å². The number of nitrogens with two attached hydrogens (primary N) is 1. The summed E-state index contributed by atoms with van der Waals surface area (Å²) in [6, 6.07) is 5.55. The van der Waals surface area contributed by atoms with Gasteiger partial charge in [-0.3, -0.25) is 0 Å². The lowest BCUT2D eigenvalue weighted by molar-refractivity contribution is 0.0195. The minimum atomic E-state index is -2.51. The number of nitrogen functional groups attached to an aromatic ring is 1. The number of nitrogens with zero attached hydrogens (tertiary/aromatic N) is 6. The van der Waals surface area contributed by atoms with Gasteiger partial charge in [0, 0.05) is 17.8 Å². The Bertz CT molecular complexity index is 1320. The van der Waals surface area contributed by atoms with Crippen LogP contribution in [-0.2, 0) is 6.54 Å². The number of pyridine rings is 1. The van der Waals surface area contributed by atoms with Crippen LogP contribution in [0, 0.1) is 6.92 Å². The van der Waals surface area contributed by atoms with Crippen LogP contribution in [0.15, 0.2) is 24.4 Å². The van der Waals surface area contributed by atoms with Crippen molar-refractivity contribution in [2.75, 3.05) is 11.1 Å². The largest absolute Gasteiger partial charge is 0.390 e. The molecule has 0 radical (unpaired) electrons. The molecule has 1 fully saturated rings. The van der Waals surface area contributed by atoms with Crippen LogP contribution in [0.25, 0.3) is 27.9 Å². The zero-order valence-corrected chi connectivity index (χ0v) is 18.5. The van der Waals surface area contributed by atoms with Crippen molar-refractivity contribution in [2.24, 2.45) is 0 Å². The molecule has 0 aliphatic heterocycles. The van der Waals surface area contributed by atoms with E-state index in [0.717, 1.165) is 12.8 Å². The molecule has 0 atom stereocenters. The Morgan fingerprint density at radius 3 is 2.70 bits per heavy atom. The molecule has 0 saturated heterocycles. The number of nitrogens with one attached hydrogen (secondary N) is 1. The fourth-order valence-electron chi connectivity index (χ4n) is 4.51. The molecule has 5 rings (SSSR count). The van der Waals surface area contributed by atoms with E-state index in [1.165, 1.54) is 4.57 Å². The molecule has 4 N–H and O–H groups in total. The summed E-state index contributed by atoms with van der Waals surface area (Å²) in [6.07, 6.45) is 2.33. The molecule has 4 aromatic rings. The second-order valence-electron chi connectivity index (χ2n) is 8.96. The first-order chi connectivity index (χ1) is 15.7. The van der Waals surface area contributed by atoms with Gasteiger partial charge >= 0.3 is 0 Å². The highest BCUT2D eigenvalue weighted by Gasteiger charge is 2.29. The standard InChI is InChI=1S/C22H26F2N8O/c1-12-26-16-4-3-15(28-20(16)31(12)11-17(23)24)14-7-10-32-18(14)19(25)29-21(30-32)27-13-5-8-22(2,33)9-6-13/h3-4,7,10,13,17,33H,5-6,8-9,11H2,1-2H3,(H3,25,27,29,30). The van der Waals surface area contributed by atoms with E-state index in [9.17, 15) is 13.9 Å². The Labute approximate surface area is 188 Å². The maximum atomic E-state index is 13.1. The van der Waals surface area contributed by atoms with Gasteiger partial charge < -0.3 is 20.7 Å². The van der Waals surface area contributed by atoms with Gasteiger partial charge in [0.05, 0.1) is 17.8 Å². The van der Waals surface area contributed by atoms with Crippen molar-refractivity contribution in [1.82, 2.24) is 29.1 Å². The van der Waals surface area contributed by atoms with Gasteiger partial charge in [-0.2, -0.15) is 4.98 Å². The van der Waals surface area contributed by atoms with Crippen molar-refractivity contribution in [3.8, 4) is 11.3 Å². The SMILES string of the molecule is Cc1nc2ccc(-c3ccn4nc(NC5CCC(C)(O)CC5)nc(N)c34)nc2n1CC(F)F. The van der Waals surface area contributed by atoms with Gasteiger partial charge in [-0.1, -0.05) is 0 Å². The molecule has 4 aromatic heterocycles. The summed E-state index contributed by atoms with van der Waals surface area (Å²) >= 11 is 0. The quantitative estimate of drug-likeness (QED) is 0.421. The molecule has 33 heavy (non-hydrogen) atoms. The molecule has 1 saturated carbocycles. The number of fused-ring (bicyclic) bond motifs is 2. The number of anilines is 2. The van der Waals surface area contributed by atoms with Crippen molar-refractivity contribution in [3.63, 3.8) is 0 Å². The predicted molar refractivity (Wildman–Crippen MR) is 121 cm³/mol. The lowest BCUT2D eigenvalue weighted by atomic mass is 9.84. The van der Waals surface area contributed by atoms with Gasteiger partial charge in [-0.15, -0.1) is 5.10 Å². The van der Waals surface area contributed by atoms with E-state index in [1.54, 1.807) is 29.8 Å². The number of rotatable bonds is 5. The highest BCUT2D eigenvalue weighted by molar-refractivity contribution is 5.88. The molecule has 1 aliphatic carbocycles. The van der Waals surface area contributed by atoms with Crippen LogP contribution >= 0.6 is 0 Å². The van der Waals surface area contributed by atoms with E-state index in [1.807, 2.05) is 13.0 Å². The lowest BCUT2D eigenvalue weighted by Gasteiger charge is -2.33. The molecule has 0 aromatic carbocycles. The second-order valence-corrected chi connectivity index (χ2v) is 8.96.